The summed E-state index contributed by atoms with van der Waals surface area (Å²) in [6.45, 7) is 0. The van der Waals surface area contributed by atoms with Crippen molar-refractivity contribution in [2.45, 2.75) is 0 Å². The molecule has 0 heterocycles. The zero-order valence-corrected chi connectivity index (χ0v) is 11.9. The summed E-state index contributed by atoms with van der Waals surface area (Å²) in [4.78, 5) is 0.0398. The van der Waals surface area contributed by atoms with Gasteiger partial charge in [0.1, 0.15) is 11.1 Å². The van der Waals surface area contributed by atoms with E-state index < -0.39 is 0 Å². The minimum absolute atomic E-state index is 0.0398. The SMILES string of the molecule is COc1cc(C=CC=C(C#N)C(N)=S)cc(OC)c1O. The van der Waals surface area contributed by atoms with E-state index >= 15 is 0 Å². The normalized spacial score (nSPS) is 11.2. The standard InChI is InChI=1S/C14H14N2O3S/c1-18-11-6-9(7-12(19-2)13(11)17)4-3-5-10(8-15)14(16)20/h3-7,17H,1-2H3,(H2,16,20). The van der Waals surface area contributed by atoms with E-state index in [-0.39, 0.29) is 16.3 Å². The zero-order chi connectivity index (χ0) is 15.1. The number of rotatable bonds is 5. The van der Waals surface area contributed by atoms with Crippen LogP contribution in [0, 0.1) is 11.3 Å². The van der Waals surface area contributed by atoms with Gasteiger partial charge in [0, 0.05) is 0 Å². The van der Waals surface area contributed by atoms with E-state index in [0.717, 1.165) is 5.56 Å². The fourth-order valence-electron chi connectivity index (χ4n) is 1.44. The van der Waals surface area contributed by atoms with Crippen LogP contribution < -0.4 is 15.2 Å². The number of ether oxygens (including phenoxy) is 2. The molecule has 5 nitrogen and oxygen atoms in total. The number of hydrogen-bond acceptors (Lipinski definition) is 5. The molecule has 6 heteroatoms. The summed E-state index contributed by atoms with van der Waals surface area (Å²) in [5, 5.41) is 18.6. The van der Waals surface area contributed by atoms with Crippen LogP contribution in [0.2, 0.25) is 0 Å². The number of phenolic OH excluding ortho intramolecular Hbond substituents is 1. The first-order valence-corrected chi connectivity index (χ1v) is 5.97. The molecule has 1 aromatic carbocycles. The molecule has 0 aliphatic heterocycles. The number of thiocarbonyl (C=S) groups is 1. The highest BCUT2D eigenvalue weighted by molar-refractivity contribution is 7.80. The molecule has 0 aliphatic carbocycles. The van der Waals surface area contributed by atoms with Gasteiger partial charge in [0.05, 0.1) is 19.8 Å². The Balaban J connectivity index is 3.10. The third kappa shape index (κ3) is 3.73. The Morgan fingerprint density at radius 1 is 1.35 bits per heavy atom. The van der Waals surface area contributed by atoms with Crippen LogP contribution in [-0.2, 0) is 0 Å². The Morgan fingerprint density at radius 2 is 1.90 bits per heavy atom. The third-order valence-corrected chi connectivity index (χ3v) is 2.66. The summed E-state index contributed by atoms with van der Waals surface area (Å²) < 4.78 is 10.1. The van der Waals surface area contributed by atoms with E-state index in [4.69, 9.17) is 32.7 Å². The van der Waals surface area contributed by atoms with E-state index in [1.54, 1.807) is 24.3 Å². The molecule has 0 fully saturated rings. The van der Waals surface area contributed by atoms with Crippen molar-refractivity contribution in [1.82, 2.24) is 0 Å². The molecule has 0 saturated heterocycles. The van der Waals surface area contributed by atoms with Crippen molar-refractivity contribution in [2.75, 3.05) is 14.2 Å². The predicted molar refractivity (Wildman–Crippen MR) is 80.7 cm³/mol. The first-order chi connectivity index (χ1) is 9.53. The van der Waals surface area contributed by atoms with Crippen molar-refractivity contribution in [1.29, 1.82) is 5.26 Å². The van der Waals surface area contributed by atoms with Crippen molar-refractivity contribution >= 4 is 23.3 Å². The van der Waals surface area contributed by atoms with Crippen LogP contribution in [0.25, 0.3) is 6.08 Å². The molecule has 20 heavy (non-hydrogen) atoms. The van der Waals surface area contributed by atoms with Crippen LogP contribution in [0.4, 0.5) is 0 Å². The molecule has 0 bridgehead atoms. The van der Waals surface area contributed by atoms with Gasteiger partial charge in [-0.15, -0.1) is 0 Å². The molecule has 0 amide bonds. The highest BCUT2D eigenvalue weighted by atomic mass is 32.1. The summed E-state index contributed by atoms with van der Waals surface area (Å²) in [6, 6.07) is 5.16. The highest BCUT2D eigenvalue weighted by Crippen LogP contribution is 2.37. The predicted octanol–water partition coefficient (Wildman–Crippen LogP) is 2.16. The molecule has 0 unspecified atom stereocenters. The lowest BCUT2D eigenvalue weighted by Crippen LogP contribution is -2.09. The smallest absolute Gasteiger partial charge is 0.200 e. The Kier molecular flexibility index (Phi) is 5.56. The monoisotopic (exact) mass is 290 g/mol. The summed E-state index contributed by atoms with van der Waals surface area (Å²) in [5.74, 6) is 0.522. The summed E-state index contributed by atoms with van der Waals surface area (Å²) >= 11 is 4.72. The molecule has 0 saturated carbocycles. The lowest BCUT2D eigenvalue weighted by molar-refractivity contribution is 0.340. The van der Waals surface area contributed by atoms with Gasteiger partial charge in [0.25, 0.3) is 0 Å². The summed E-state index contributed by atoms with van der Waals surface area (Å²) in [7, 11) is 2.89. The van der Waals surface area contributed by atoms with Gasteiger partial charge >= 0.3 is 0 Å². The molecule has 0 spiro atoms. The number of allylic oxidation sites excluding steroid dienone is 2. The lowest BCUT2D eigenvalue weighted by Gasteiger charge is -2.09. The quantitative estimate of drug-likeness (QED) is 0.374. The fraction of sp³-hybridized carbons (Fsp3) is 0.143. The molecule has 0 atom stereocenters. The van der Waals surface area contributed by atoms with Crippen LogP contribution in [0.15, 0.2) is 29.9 Å². The first-order valence-electron chi connectivity index (χ1n) is 5.56. The molecule has 0 aliphatic rings. The number of nitrogens with zero attached hydrogens (tertiary/aromatic N) is 1. The number of hydrogen-bond donors (Lipinski definition) is 2. The Bertz CT molecular complexity index is 590. The lowest BCUT2D eigenvalue weighted by atomic mass is 10.1. The summed E-state index contributed by atoms with van der Waals surface area (Å²) in [5.41, 5.74) is 6.32. The van der Waals surface area contributed by atoms with Crippen LogP contribution in [0.5, 0.6) is 17.2 Å². The molecule has 3 N–H and O–H groups in total. The average molecular weight is 290 g/mol. The number of methoxy groups -OCH3 is 2. The highest BCUT2D eigenvalue weighted by Gasteiger charge is 2.09. The van der Waals surface area contributed by atoms with Gasteiger partial charge in [-0.25, -0.2) is 0 Å². The van der Waals surface area contributed by atoms with Crippen molar-refractivity contribution in [3.8, 4) is 23.3 Å². The maximum Gasteiger partial charge on any atom is 0.200 e. The molecular formula is C14H14N2O3S. The van der Waals surface area contributed by atoms with Crippen LogP contribution >= 0.6 is 12.2 Å². The summed E-state index contributed by atoms with van der Waals surface area (Å²) in [6.07, 6.45) is 4.84. The molecule has 0 aromatic heterocycles. The molecule has 1 rings (SSSR count). The maximum absolute atomic E-state index is 9.78. The molecular weight excluding hydrogens is 276 g/mol. The van der Waals surface area contributed by atoms with Gasteiger partial charge in [0.2, 0.25) is 5.75 Å². The fourth-order valence-corrected chi connectivity index (χ4v) is 1.55. The second-order valence-electron chi connectivity index (χ2n) is 3.69. The second-order valence-corrected chi connectivity index (χ2v) is 4.13. The minimum atomic E-state index is -0.0662. The van der Waals surface area contributed by atoms with Crippen molar-refractivity contribution in [2.24, 2.45) is 5.73 Å². The first kappa shape index (κ1) is 15.5. The minimum Gasteiger partial charge on any atom is -0.502 e. The topological polar surface area (TPSA) is 88.5 Å². The zero-order valence-electron chi connectivity index (χ0n) is 11.1. The van der Waals surface area contributed by atoms with Gasteiger partial charge < -0.3 is 20.3 Å². The second kappa shape index (κ2) is 7.16. The van der Waals surface area contributed by atoms with Crippen LogP contribution in [-0.4, -0.2) is 24.3 Å². The van der Waals surface area contributed by atoms with Gasteiger partial charge in [-0.1, -0.05) is 24.4 Å². The van der Waals surface area contributed by atoms with Crippen LogP contribution in [0.1, 0.15) is 5.56 Å². The van der Waals surface area contributed by atoms with Gasteiger partial charge in [-0.2, -0.15) is 5.26 Å². The van der Waals surface area contributed by atoms with Crippen molar-refractivity contribution < 1.29 is 14.6 Å². The largest absolute Gasteiger partial charge is 0.502 e. The van der Waals surface area contributed by atoms with E-state index in [9.17, 15) is 5.11 Å². The Morgan fingerprint density at radius 3 is 2.30 bits per heavy atom. The van der Waals surface area contributed by atoms with Gasteiger partial charge in [0.15, 0.2) is 11.5 Å². The number of benzene rings is 1. The van der Waals surface area contributed by atoms with Crippen molar-refractivity contribution in [3.05, 3.63) is 35.4 Å². The van der Waals surface area contributed by atoms with E-state index in [1.807, 2.05) is 6.07 Å². The third-order valence-electron chi connectivity index (χ3n) is 2.44. The Labute approximate surface area is 122 Å². The average Bonchev–Trinajstić information content (AvgIpc) is 2.44. The molecule has 1 aromatic rings. The number of nitrogens with two attached hydrogens (primary N) is 1. The molecule has 104 valence electrons. The van der Waals surface area contributed by atoms with E-state index in [0.29, 0.717) is 11.5 Å². The van der Waals surface area contributed by atoms with Gasteiger partial charge in [-0.05, 0) is 23.8 Å². The maximum atomic E-state index is 9.78. The van der Waals surface area contributed by atoms with Crippen molar-refractivity contribution in [3.63, 3.8) is 0 Å². The van der Waals surface area contributed by atoms with Gasteiger partial charge in [-0.3, -0.25) is 0 Å². The molecule has 0 radical (unpaired) electrons. The number of phenols is 1. The number of nitriles is 1. The number of aromatic hydroxyl groups is 1. The Hall–Kier alpha value is -2.52. The van der Waals surface area contributed by atoms with E-state index in [2.05, 4.69) is 0 Å². The van der Waals surface area contributed by atoms with Crippen LogP contribution in [0.3, 0.4) is 0 Å². The van der Waals surface area contributed by atoms with E-state index in [1.165, 1.54) is 20.3 Å².